The first kappa shape index (κ1) is 21.7. The molecule has 0 bridgehead atoms. The van der Waals surface area contributed by atoms with Crippen LogP contribution in [0.1, 0.15) is 29.2 Å². The van der Waals surface area contributed by atoms with Gasteiger partial charge >= 0.3 is 0 Å². The molecule has 2 aromatic heterocycles. The lowest BCUT2D eigenvalue weighted by Crippen LogP contribution is -2.17. The van der Waals surface area contributed by atoms with Crippen LogP contribution >= 0.6 is 22.7 Å². The average Bonchev–Trinajstić information content (AvgIpc) is 3.32. The van der Waals surface area contributed by atoms with E-state index >= 15 is 0 Å². The van der Waals surface area contributed by atoms with Crippen molar-refractivity contribution in [3.63, 3.8) is 0 Å². The number of aromatic nitrogens is 1. The van der Waals surface area contributed by atoms with Crippen molar-refractivity contribution in [3.8, 4) is 16.3 Å². The molecule has 8 heteroatoms. The number of amides is 2. The second kappa shape index (κ2) is 10.2. The van der Waals surface area contributed by atoms with E-state index in [1.54, 1.807) is 17.4 Å². The number of nitrogens with one attached hydrogen (secondary N) is 2. The lowest BCUT2D eigenvalue weighted by molar-refractivity contribution is -0.119. The number of hydrogen-bond acceptors (Lipinski definition) is 6. The van der Waals surface area contributed by atoms with Crippen LogP contribution in [0, 0.1) is 6.92 Å². The number of carbonyl (C=O) groups is 2. The third kappa shape index (κ3) is 5.77. The Morgan fingerprint density at radius 3 is 2.73 bits per heavy atom. The van der Waals surface area contributed by atoms with Crippen molar-refractivity contribution in [2.45, 2.75) is 27.3 Å². The molecule has 0 aliphatic carbocycles. The molecule has 1 aromatic carbocycles. The highest BCUT2D eigenvalue weighted by atomic mass is 32.1. The molecule has 2 amide bonds. The average molecular weight is 442 g/mol. The van der Waals surface area contributed by atoms with E-state index in [9.17, 15) is 9.59 Å². The largest absolute Gasteiger partial charge is 0.493 e. The van der Waals surface area contributed by atoms with Crippen LogP contribution in [-0.4, -0.2) is 23.4 Å². The van der Waals surface area contributed by atoms with Crippen LogP contribution in [0.4, 0.5) is 5.13 Å². The maximum atomic E-state index is 12.4. The van der Waals surface area contributed by atoms with E-state index in [1.165, 1.54) is 24.3 Å². The number of hydrogen-bond donors (Lipinski definition) is 2. The molecule has 2 N–H and O–H groups in total. The van der Waals surface area contributed by atoms with Gasteiger partial charge in [-0.15, -0.1) is 22.7 Å². The first-order valence-corrected chi connectivity index (χ1v) is 11.1. The van der Waals surface area contributed by atoms with Gasteiger partial charge in [0.15, 0.2) is 5.13 Å². The van der Waals surface area contributed by atoms with Crippen LogP contribution < -0.4 is 15.4 Å². The first-order chi connectivity index (χ1) is 14.5. The Morgan fingerprint density at radius 1 is 1.17 bits per heavy atom. The van der Waals surface area contributed by atoms with E-state index in [0.717, 1.165) is 31.6 Å². The minimum atomic E-state index is -0.251. The number of para-hydroxylation sites is 1. The van der Waals surface area contributed by atoms with Crippen molar-refractivity contribution in [2.24, 2.45) is 0 Å². The summed E-state index contributed by atoms with van der Waals surface area (Å²) in [4.78, 5) is 31.1. The van der Waals surface area contributed by atoms with Crippen molar-refractivity contribution in [2.75, 3.05) is 11.9 Å². The van der Waals surface area contributed by atoms with Crippen LogP contribution in [-0.2, 0) is 16.1 Å². The van der Waals surface area contributed by atoms with Gasteiger partial charge in [-0.05, 0) is 38.1 Å². The molecule has 0 saturated heterocycles. The van der Waals surface area contributed by atoms with Crippen molar-refractivity contribution in [1.82, 2.24) is 10.3 Å². The number of thiazole rings is 1. The summed E-state index contributed by atoms with van der Waals surface area (Å²) in [6.07, 6.45) is 3.21. The monoisotopic (exact) mass is 441 g/mol. The number of aryl methyl sites for hydroxylation is 1. The highest BCUT2D eigenvalue weighted by Crippen LogP contribution is 2.34. The van der Waals surface area contributed by atoms with Crippen LogP contribution in [0.5, 0.6) is 5.75 Å². The number of rotatable bonds is 8. The summed E-state index contributed by atoms with van der Waals surface area (Å²) in [5, 5.41) is 6.17. The highest BCUT2D eigenvalue weighted by molar-refractivity contribution is 7.18. The van der Waals surface area contributed by atoms with Gasteiger partial charge in [0, 0.05) is 28.3 Å². The summed E-state index contributed by atoms with van der Waals surface area (Å²) in [7, 11) is 0. The molecule has 0 spiro atoms. The SMILES string of the molecule is CCOc1ccccc1/C=C/C(=O)Nc1nc(-c2ccc(CNC(C)=O)s2)c(C)s1. The molecule has 30 heavy (non-hydrogen) atoms. The van der Waals surface area contributed by atoms with Gasteiger partial charge in [0.2, 0.25) is 11.8 Å². The summed E-state index contributed by atoms with van der Waals surface area (Å²) in [5.41, 5.74) is 1.69. The van der Waals surface area contributed by atoms with Gasteiger partial charge in [0.25, 0.3) is 0 Å². The zero-order valence-electron chi connectivity index (χ0n) is 17.0. The van der Waals surface area contributed by atoms with E-state index in [2.05, 4.69) is 15.6 Å². The maximum Gasteiger partial charge on any atom is 0.250 e. The van der Waals surface area contributed by atoms with E-state index in [4.69, 9.17) is 4.74 Å². The number of nitrogens with zero attached hydrogens (tertiary/aromatic N) is 1. The Bertz CT molecular complexity index is 1070. The molecule has 0 aliphatic rings. The standard InChI is InChI=1S/C22H23N3O3S2/c1-4-28-18-8-6-5-7-16(18)9-12-20(27)24-22-25-21(14(2)29-22)19-11-10-17(30-19)13-23-15(3)26/h5-12H,4,13H2,1-3H3,(H,23,26)(H,24,25,27)/b12-9+. The van der Waals surface area contributed by atoms with E-state index in [-0.39, 0.29) is 11.8 Å². The minimum Gasteiger partial charge on any atom is -0.493 e. The fourth-order valence-electron chi connectivity index (χ4n) is 2.71. The molecular formula is C22H23N3O3S2. The maximum absolute atomic E-state index is 12.4. The predicted molar refractivity (Wildman–Crippen MR) is 123 cm³/mol. The Balaban J connectivity index is 1.67. The zero-order chi connectivity index (χ0) is 21.5. The molecular weight excluding hydrogens is 418 g/mol. The third-order valence-corrected chi connectivity index (χ3v) is 6.04. The molecule has 0 unspecified atom stereocenters. The van der Waals surface area contributed by atoms with E-state index < -0.39 is 0 Å². The number of anilines is 1. The quantitative estimate of drug-likeness (QED) is 0.489. The summed E-state index contributed by atoms with van der Waals surface area (Å²) >= 11 is 3.01. The zero-order valence-corrected chi connectivity index (χ0v) is 18.7. The topological polar surface area (TPSA) is 80.3 Å². The van der Waals surface area contributed by atoms with Crippen LogP contribution in [0.15, 0.2) is 42.5 Å². The molecule has 0 atom stereocenters. The van der Waals surface area contributed by atoms with Crippen molar-refractivity contribution >= 4 is 45.7 Å². The van der Waals surface area contributed by atoms with E-state index in [1.807, 2.05) is 50.2 Å². The summed E-state index contributed by atoms with van der Waals surface area (Å²) in [5.74, 6) is 0.431. The molecule has 6 nitrogen and oxygen atoms in total. The smallest absolute Gasteiger partial charge is 0.250 e. The molecule has 3 rings (SSSR count). The number of carbonyl (C=O) groups excluding carboxylic acids is 2. The first-order valence-electron chi connectivity index (χ1n) is 9.48. The van der Waals surface area contributed by atoms with Gasteiger partial charge in [0.1, 0.15) is 5.75 Å². The summed E-state index contributed by atoms with van der Waals surface area (Å²) < 4.78 is 5.57. The van der Waals surface area contributed by atoms with Crippen LogP contribution in [0.25, 0.3) is 16.6 Å². The Hall–Kier alpha value is -2.97. The van der Waals surface area contributed by atoms with Crippen molar-refractivity contribution in [3.05, 3.63) is 57.8 Å². The fraction of sp³-hybridized carbons (Fsp3) is 0.227. The van der Waals surface area contributed by atoms with Gasteiger partial charge in [-0.2, -0.15) is 0 Å². The summed E-state index contributed by atoms with van der Waals surface area (Å²) in [6, 6.07) is 11.5. The van der Waals surface area contributed by atoms with Gasteiger partial charge in [-0.25, -0.2) is 4.98 Å². The molecule has 156 valence electrons. The third-order valence-electron chi connectivity index (χ3n) is 4.07. The second-order valence-electron chi connectivity index (χ2n) is 6.39. The molecule has 0 saturated carbocycles. The fourth-order valence-corrected chi connectivity index (χ4v) is 4.60. The van der Waals surface area contributed by atoms with Crippen molar-refractivity contribution < 1.29 is 14.3 Å². The summed E-state index contributed by atoms with van der Waals surface area (Å²) in [6.45, 7) is 6.46. The molecule has 0 fully saturated rings. The highest BCUT2D eigenvalue weighted by Gasteiger charge is 2.13. The van der Waals surface area contributed by atoms with Gasteiger partial charge in [-0.1, -0.05) is 18.2 Å². The van der Waals surface area contributed by atoms with E-state index in [0.29, 0.717) is 18.3 Å². The molecule has 3 aromatic rings. The van der Waals surface area contributed by atoms with Crippen LogP contribution in [0.3, 0.4) is 0 Å². The minimum absolute atomic E-state index is 0.0586. The molecule has 2 heterocycles. The normalized spacial score (nSPS) is 10.9. The van der Waals surface area contributed by atoms with Gasteiger partial charge in [0.05, 0.1) is 23.7 Å². The Kier molecular flexibility index (Phi) is 7.37. The molecule has 0 radical (unpaired) electrons. The van der Waals surface area contributed by atoms with Gasteiger partial charge < -0.3 is 10.1 Å². The number of benzene rings is 1. The predicted octanol–water partition coefficient (Wildman–Crippen LogP) is 4.87. The van der Waals surface area contributed by atoms with Crippen molar-refractivity contribution in [1.29, 1.82) is 0 Å². The molecule has 0 aliphatic heterocycles. The lowest BCUT2D eigenvalue weighted by atomic mass is 10.2. The number of ether oxygens (including phenoxy) is 1. The van der Waals surface area contributed by atoms with Crippen LogP contribution in [0.2, 0.25) is 0 Å². The Morgan fingerprint density at radius 2 is 1.97 bits per heavy atom. The lowest BCUT2D eigenvalue weighted by Gasteiger charge is -2.06. The number of thiophene rings is 1. The Labute approximate surface area is 183 Å². The van der Waals surface area contributed by atoms with Gasteiger partial charge in [-0.3, -0.25) is 14.9 Å². The second-order valence-corrected chi connectivity index (χ2v) is 8.76.